The summed E-state index contributed by atoms with van der Waals surface area (Å²) in [6.07, 6.45) is 0. The zero-order valence-corrected chi connectivity index (χ0v) is 13.9. The highest BCUT2D eigenvalue weighted by molar-refractivity contribution is 6.36. The topological polar surface area (TPSA) is 36.9 Å². The van der Waals surface area contributed by atoms with Gasteiger partial charge in [-0.05, 0) is 62.3 Å². The van der Waals surface area contributed by atoms with E-state index in [0.717, 1.165) is 0 Å². The van der Waals surface area contributed by atoms with Crippen LogP contribution < -0.4 is 0 Å². The van der Waals surface area contributed by atoms with Crippen LogP contribution in [-0.2, 0) is 16.4 Å². The number of rotatable bonds is 4. The molecule has 0 radical (unpaired) electrons. The van der Waals surface area contributed by atoms with Crippen LogP contribution in [0.5, 0.6) is 0 Å². The molecule has 0 aliphatic rings. The van der Waals surface area contributed by atoms with Crippen molar-refractivity contribution in [3.63, 3.8) is 0 Å². The highest BCUT2D eigenvalue weighted by Crippen LogP contribution is 2.18. The maximum Gasteiger partial charge on any atom is 0.935 e. The Morgan fingerprint density at radius 1 is 0.588 bits per heavy atom. The summed E-state index contributed by atoms with van der Waals surface area (Å²) in [5, 5.41) is 0. The summed E-state index contributed by atoms with van der Waals surface area (Å²) in [5.41, 5.74) is -0.972. The molecule has 0 aromatic heterocycles. The van der Waals surface area contributed by atoms with Crippen molar-refractivity contribution >= 4 is 15.1 Å². The lowest BCUT2D eigenvalue weighted by Gasteiger charge is -2.30. The lowest BCUT2D eigenvalue weighted by Crippen LogP contribution is -2.42. The Labute approximate surface area is 111 Å². The van der Waals surface area contributed by atoms with Gasteiger partial charge in [0, 0.05) is 11.2 Å². The molecule has 0 aliphatic carbocycles. The predicted molar refractivity (Wildman–Crippen MR) is 69.4 cm³/mol. The fourth-order valence-electron chi connectivity index (χ4n) is 0.824. The molecule has 17 heavy (non-hydrogen) atoms. The largest absolute Gasteiger partial charge is 0.935 e. The summed E-state index contributed by atoms with van der Waals surface area (Å²) in [6, 6.07) is 0. The highest BCUT2D eigenvalue weighted by atomic mass is 27.3. The van der Waals surface area contributed by atoms with Gasteiger partial charge < -0.3 is 11.5 Å². The quantitative estimate of drug-likeness (QED) is 0.442. The SMILES string of the molecule is CC(C)(C)O[O][Al]([O]C(C)(C)C)[O]C(C)(C)C. The molecule has 5 heteroatoms. The molecule has 0 N–H and O–H groups in total. The van der Waals surface area contributed by atoms with Crippen LogP contribution in [0.15, 0.2) is 0 Å². The van der Waals surface area contributed by atoms with Gasteiger partial charge in [0.05, 0.1) is 5.60 Å². The first kappa shape index (κ1) is 17.4. The van der Waals surface area contributed by atoms with Gasteiger partial charge in [-0.3, -0.25) is 4.89 Å². The third-order valence-electron chi connectivity index (χ3n) is 1.28. The molecule has 0 unspecified atom stereocenters. The minimum absolute atomic E-state index is 0.302. The van der Waals surface area contributed by atoms with Crippen molar-refractivity contribution in [2.75, 3.05) is 0 Å². The molecular weight excluding hydrogens is 235 g/mol. The smallest absolute Gasteiger partial charge is 0.449 e. The normalized spacial score (nSPS) is 13.9. The summed E-state index contributed by atoms with van der Waals surface area (Å²) in [7, 11) is 0. The van der Waals surface area contributed by atoms with Gasteiger partial charge in [-0.15, -0.1) is 0 Å². The zero-order chi connectivity index (χ0) is 13.9. The van der Waals surface area contributed by atoms with Gasteiger partial charge in [0.25, 0.3) is 0 Å². The molecule has 4 nitrogen and oxygen atoms in total. The minimum Gasteiger partial charge on any atom is -0.449 e. The van der Waals surface area contributed by atoms with Crippen LogP contribution in [-0.4, -0.2) is 32.0 Å². The van der Waals surface area contributed by atoms with Crippen molar-refractivity contribution in [3.05, 3.63) is 0 Å². The van der Waals surface area contributed by atoms with E-state index in [2.05, 4.69) is 0 Å². The van der Waals surface area contributed by atoms with Crippen LogP contribution in [0.4, 0.5) is 0 Å². The molecule has 0 spiro atoms. The molecule has 102 valence electrons. The van der Waals surface area contributed by atoms with Crippen molar-refractivity contribution in [3.8, 4) is 0 Å². The van der Waals surface area contributed by atoms with Gasteiger partial charge in [-0.25, -0.2) is 0 Å². The molecule has 0 amide bonds. The molecule has 0 aromatic carbocycles. The van der Waals surface area contributed by atoms with Gasteiger partial charge >= 0.3 is 15.1 Å². The maximum absolute atomic E-state index is 5.78. The summed E-state index contributed by atoms with van der Waals surface area (Å²) in [5.74, 6) is 0. The second-order valence-corrected chi connectivity index (χ2v) is 8.28. The molecule has 0 bridgehead atoms. The van der Waals surface area contributed by atoms with Crippen molar-refractivity contribution in [1.82, 2.24) is 0 Å². The van der Waals surface area contributed by atoms with E-state index in [9.17, 15) is 0 Å². The van der Waals surface area contributed by atoms with E-state index in [-0.39, 0.29) is 16.8 Å². The van der Waals surface area contributed by atoms with E-state index in [1.165, 1.54) is 0 Å². The first-order valence-electron chi connectivity index (χ1n) is 5.99. The first-order chi connectivity index (χ1) is 7.29. The molecule has 0 saturated carbocycles. The van der Waals surface area contributed by atoms with E-state index in [0.29, 0.717) is 0 Å². The summed E-state index contributed by atoms with van der Waals surface area (Å²) in [4.78, 5) is 5.29. The molecule has 0 aliphatic heterocycles. The molecule has 0 atom stereocenters. The molecule has 0 saturated heterocycles. The number of hydrogen-bond acceptors (Lipinski definition) is 4. The fourth-order valence-corrected chi connectivity index (χ4v) is 2.47. The molecule has 0 aromatic rings. The van der Waals surface area contributed by atoms with Crippen LogP contribution in [0.1, 0.15) is 62.3 Å². The Bertz CT molecular complexity index is 206. The number of hydrogen-bond donors (Lipinski definition) is 0. The van der Waals surface area contributed by atoms with Crippen LogP contribution in [0.25, 0.3) is 0 Å². The Morgan fingerprint density at radius 3 is 1.18 bits per heavy atom. The van der Waals surface area contributed by atoms with Crippen LogP contribution in [0.2, 0.25) is 0 Å². The lowest BCUT2D eigenvalue weighted by atomic mass is 10.2. The average Bonchev–Trinajstić information content (AvgIpc) is 1.92. The Balaban J connectivity index is 4.42. The van der Waals surface area contributed by atoms with Crippen LogP contribution in [0, 0.1) is 0 Å². The second kappa shape index (κ2) is 6.01. The standard InChI is InChI=1S/C4H10O2.2C4H9O.Al/c1-4(2,3)6-5;2*1-4(2,3)5;/h5H,1-3H3;2*1-3H3;/q;2*-1;+3/p-1. The third-order valence-corrected chi connectivity index (χ3v) is 3.33. The van der Waals surface area contributed by atoms with E-state index >= 15 is 0 Å². The summed E-state index contributed by atoms with van der Waals surface area (Å²) < 4.78 is 16.9. The Kier molecular flexibility index (Phi) is 6.14. The monoisotopic (exact) mass is 262 g/mol. The predicted octanol–water partition coefficient (Wildman–Crippen LogP) is 3.35. The summed E-state index contributed by atoms with van der Waals surface area (Å²) >= 11 is -2.31. The van der Waals surface area contributed by atoms with Crippen LogP contribution >= 0.6 is 0 Å². The van der Waals surface area contributed by atoms with Gasteiger partial charge in [0.2, 0.25) is 0 Å². The van der Waals surface area contributed by atoms with Gasteiger partial charge in [-0.1, -0.05) is 0 Å². The zero-order valence-electron chi connectivity index (χ0n) is 12.7. The molecule has 0 rings (SSSR count). The lowest BCUT2D eigenvalue weighted by molar-refractivity contribution is -0.307. The average molecular weight is 262 g/mol. The Morgan fingerprint density at radius 2 is 0.941 bits per heavy atom. The molecular formula is C12H27AlO4. The third kappa shape index (κ3) is 12.6. The van der Waals surface area contributed by atoms with E-state index in [4.69, 9.17) is 16.4 Å². The van der Waals surface area contributed by atoms with Crippen molar-refractivity contribution < 1.29 is 16.4 Å². The second-order valence-electron chi connectivity index (χ2n) is 7.04. The minimum atomic E-state index is -2.31. The first-order valence-corrected chi connectivity index (χ1v) is 7.40. The maximum atomic E-state index is 5.78. The summed E-state index contributed by atoms with van der Waals surface area (Å²) in [6.45, 7) is 17.6. The van der Waals surface area contributed by atoms with Crippen molar-refractivity contribution in [1.29, 1.82) is 0 Å². The van der Waals surface area contributed by atoms with Crippen molar-refractivity contribution in [2.24, 2.45) is 0 Å². The van der Waals surface area contributed by atoms with E-state index in [1.807, 2.05) is 62.3 Å². The van der Waals surface area contributed by atoms with Gasteiger partial charge in [-0.2, -0.15) is 0 Å². The van der Waals surface area contributed by atoms with Gasteiger partial charge in [0.1, 0.15) is 0 Å². The fraction of sp³-hybridized carbons (Fsp3) is 1.00. The molecule has 0 heterocycles. The molecule has 0 fully saturated rings. The van der Waals surface area contributed by atoms with E-state index < -0.39 is 15.1 Å². The Hall–Kier alpha value is 0.372. The van der Waals surface area contributed by atoms with E-state index in [1.54, 1.807) is 0 Å². The van der Waals surface area contributed by atoms with Crippen molar-refractivity contribution in [2.45, 2.75) is 79.1 Å². The van der Waals surface area contributed by atoms with Gasteiger partial charge in [0.15, 0.2) is 0 Å². The van der Waals surface area contributed by atoms with Crippen LogP contribution in [0.3, 0.4) is 0 Å². The highest BCUT2D eigenvalue weighted by Gasteiger charge is 2.42.